The van der Waals surface area contributed by atoms with Crippen LogP contribution in [0.1, 0.15) is 45.6 Å². The minimum absolute atomic E-state index is 0.0109. The molecule has 0 saturated carbocycles. The molecule has 0 N–H and O–H groups in total. The maximum atomic E-state index is 13.7. The highest BCUT2D eigenvalue weighted by Crippen LogP contribution is 2.39. The molecule has 44 heavy (non-hydrogen) atoms. The van der Waals surface area contributed by atoms with E-state index in [0.717, 1.165) is 29.5 Å². The van der Waals surface area contributed by atoms with Crippen molar-refractivity contribution in [2.75, 3.05) is 6.54 Å². The zero-order valence-electron chi connectivity index (χ0n) is 26.1. The van der Waals surface area contributed by atoms with Gasteiger partial charge in [0.2, 0.25) is 0 Å². The van der Waals surface area contributed by atoms with Gasteiger partial charge >= 0.3 is 6.09 Å². The molecule has 0 unspecified atom stereocenters. The second kappa shape index (κ2) is 13.2. The molecule has 5 rings (SSSR count). The van der Waals surface area contributed by atoms with Crippen molar-refractivity contribution >= 4 is 43.0 Å². The summed E-state index contributed by atoms with van der Waals surface area (Å²) in [5.74, 6) is -0.0263. The summed E-state index contributed by atoms with van der Waals surface area (Å²) < 4.78 is 14.4. The van der Waals surface area contributed by atoms with Crippen molar-refractivity contribution in [3.63, 3.8) is 0 Å². The van der Waals surface area contributed by atoms with E-state index in [1.807, 2.05) is 60.7 Å². The van der Waals surface area contributed by atoms with Crippen LogP contribution in [0.3, 0.4) is 0 Å². The lowest BCUT2D eigenvalue weighted by atomic mass is 9.95. The number of amides is 1. The predicted molar refractivity (Wildman–Crippen MR) is 176 cm³/mol. The van der Waals surface area contributed by atoms with Gasteiger partial charge in [-0.1, -0.05) is 74.8 Å². The van der Waals surface area contributed by atoms with Crippen LogP contribution >= 0.6 is 11.6 Å². The number of ether oxygens (including phenoxy) is 1. The van der Waals surface area contributed by atoms with E-state index in [-0.39, 0.29) is 36.5 Å². The van der Waals surface area contributed by atoms with Crippen LogP contribution in [0, 0.1) is 0 Å². The van der Waals surface area contributed by atoms with Crippen molar-refractivity contribution < 1.29 is 18.8 Å². The predicted octanol–water partition coefficient (Wildman–Crippen LogP) is 7.90. The number of carbonyl (C=O) groups excluding carboxylic acids is 2. The van der Waals surface area contributed by atoms with Crippen molar-refractivity contribution in [2.24, 2.45) is 0 Å². The topological polar surface area (TPSA) is 86.5 Å². The van der Waals surface area contributed by atoms with Crippen molar-refractivity contribution in [1.29, 1.82) is 0 Å². The number of imidazole rings is 1. The van der Waals surface area contributed by atoms with E-state index < -0.39 is 20.5 Å². The van der Waals surface area contributed by atoms with E-state index in [2.05, 4.69) is 43.8 Å². The van der Waals surface area contributed by atoms with Crippen LogP contribution in [-0.2, 0) is 27.1 Å². The number of carbonyl (C=O) groups is 2. The molecule has 2 aromatic heterocycles. The van der Waals surface area contributed by atoms with Crippen LogP contribution in [0.25, 0.3) is 22.3 Å². The number of Topliss-reactive ketones (excluding diaryl/α,β-unsaturated/α-hetero) is 1. The Hall–Kier alpha value is -3.53. The maximum absolute atomic E-state index is 13.7. The molecule has 232 valence electrons. The Balaban J connectivity index is 1.34. The van der Waals surface area contributed by atoms with Crippen molar-refractivity contribution in [3.8, 4) is 11.1 Å². The summed E-state index contributed by atoms with van der Waals surface area (Å²) in [6.07, 6.45) is 4.47. The molecular weight excluding hydrogens is 592 g/mol. The molecule has 1 aliphatic rings. The first-order chi connectivity index (χ1) is 20.9. The molecule has 1 saturated heterocycles. The molecule has 0 spiro atoms. The van der Waals surface area contributed by atoms with Gasteiger partial charge in [-0.2, -0.15) is 0 Å². The van der Waals surface area contributed by atoms with Gasteiger partial charge < -0.3 is 18.6 Å². The molecule has 8 nitrogen and oxygen atoms in total. The molecule has 2 aromatic carbocycles. The lowest BCUT2D eigenvalue weighted by Gasteiger charge is -2.46. The lowest BCUT2D eigenvalue weighted by Crippen LogP contribution is -2.56. The number of hydrogen-bond acceptors (Lipinski definition) is 6. The van der Waals surface area contributed by atoms with Gasteiger partial charge in [0, 0.05) is 29.7 Å². The van der Waals surface area contributed by atoms with Gasteiger partial charge in [-0.25, -0.2) is 14.8 Å². The minimum Gasteiger partial charge on any atom is -0.445 e. The quantitative estimate of drug-likeness (QED) is 0.174. The summed E-state index contributed by atoms with van der Waals surface area (Å²) in [5, 5.41) is 0.637. The van der Waals surface area contributed by atoms with E-state index in [4.69, 9.17) is 20.8 Å². The van der Waals surface area contributed by atoms with Gasteiger partial charge in [0.05, 0.1) is 25.0 Å². The number of halogens is 1. The molecular formula is C34H41ClN4O4Si. The number of fused-ring (bicyclic) bond motifs is 1. The summed E-state index contributed by atoms with van der Waals surface area (Å²) in [7, 11) is -2.18. The third kappa shape index (κ3) is 7.39. The van der Waals surface area contributed by atoms with Gasteiger partial charge in [0.1, 0.15) is 12.1 Å². The summed E-state index contributed by atoms with van der Waals surface area (Å²) >= 11 is 6.18. The average molecular weight is 633 g/mol. The highest BCUT2D eigenvalue weighted by atomic mass is 35.5. The Kier molecular flexibility index (Phi) is 9.58. The Labute approximate surface area is 265 Å². The van der Waals surface area contributed by atoms with Gasteiger partial charge in [-0.15, -0.1) is 0 Å². The van der Waals surface area contributed by atoms with E-state index in [1.165, 1.54) is 0 Å². The monoisotopic (exact) mass is 632 g/mol. The smallest absolute Gasteiger partial charge is 0.410 e. The number of benzene rings is 2. The Morgan fingerprint density at radius 1 is 1.02 bits per heavy atom. The number of likely N-dealkylation sites (tertiary alicyclic amines) is 1. The van der Waals surface area contributed by atoms with Gasteiger partial charge in [-0.05, 0) is 60.3 Å². The SMILES string of the molecule is CC(C)(C)[Si](C)(C)O[C@H]1CCCN(C(=O)OCc2ccccc2)[C@@H]1CC(=O)Cn1cnc2cc(-c3cccc(Cl)c3)cnc21. The van der Waals surface area contributed by atoms with Gasteiger partial charge in [0.15, 0.2) is 19.7 Å². The Morgan fingerprint density at radius 3 is 2.52 bits per heavy atom. The summed E-state index contributed by atoms with van der Waals surface area (Å²) in [6, 6.07) is 18.7. The fraction of sp³-hybridized carbons (Fsp3) is 0.412. The molecule has 1 aliphatic heterocycles. The molecule has 10 heteroatoms. The second-order valence-corrected chi connectivity index (χ2v) is 18.2. The first-order valence-electron chi connectivity index (χ1n) is 15.1. The molecule has 0 bridgehead atoms. The van der Waals surface area contributed by atoms with Gasteiger partial charge in [0.25, 0.3) is 0 Å². The molecule has 1 fully saturated rings. The lowest BCUT2D eigenvalue weighted by molar-refractivity contribution is -0.122. The van der Waals surface area contributed by atoms with Crippen molar-refractivity contribution in [1.82, 2.24) is 19.4 Å². The normalized spacial score (nSPS) is 17.5. The van der Waals surface area contributed by atoms with Crippen LogP contribution in [-0.4, -0.2) is 58.3 Å². The van der Waals surface area contributed by atoms with E-state index in [0.29, 0.717) is 22.7 Å². The van der Waals surface area contributed by atoms with E-state index in [9.17, 15) is 9.59 Å². The highest BCUT2D eigenvalue weighted by molar-refractivity contribution is 6.74. The Morgan fingerprint density at radius 2 is 1.80 bits per heavy atom. The number of nitrogens with zero attached hydrogens (tertiary/aromatic N) is 4. The number of pyridine rings is 1. The van der Waals surface area contributed by atoms with Crippen LogP contribution in [0.2, 0.25) is 23.2 Å². The third-order valence-electron chi connectivity index (χ3n) is 8.81. The van der Waals surface area contributed by atoms with E-state index >= 15 is 0 Å². The van der Waals surface area contributed by atoms with Gasteiger partial charge in [-0.3, -0.25) is 4.79 Å². The third-order valence-corrected chi connectivity index (χ3v) is 13.5. The number of aromatic nitrogens is 3. The zero-order chi connectivity index (χ0) is 31.5. The first kappa shape index (κ1) is 31.9. The standard InChI is InChI=1S/C34H41ClN4O4Si/c1-34(2,3)44(4,5)43-31-15-10-16-39(33(41)42-22-24-11-7-6-8-12-24)30(31)19-28(40)21-38-23-37-29-18-26(20-36-32(29)38)25-13-9-14-27(35)17-25/h6-9,11-14,17-18,20,23,30-31H,10,15-16,19,21-22H2,1-5H3/t30-,31+/m1/s1. The minimum atomic E-state index is -2.18. The number of rotatable bonds is 9. The molecule has 0 radical (unpaired) electrons. The fourth-order valence-electron chi connectivity index (χ4n) is 5.36. The number of ketones is 1. The summed E-state index contributed by atoms with van der Waals surface area (Å²) in [5.41, 5.74) is 4.08. The maximum Gasteiger partial charge on any atom is 0.410 e. The van der Waals surface area contributed by atoms with Crippen LogP contribution in [0.15, 0.2) is 73.2 Å². The summed E-state index contributed by atoms with van der Waals surface area (Å²) in [4.78, 5) is 38.0. The van der Waals surface area contributed by atoms with Crippen LogP contribution in [0.5, 0.6) is 0 Å². The fourth-order valence-corrected chi connectivity index (χ4v) is 6.94. The largest absolute Gasteiger partial charge is 0.445 e. The average Bonchev–Trinajstić information content (AvgIpc) is 3.38. The molecule has 2 atom stereocenters. The zero-order valence-corrected chi connectivity index (χ0v) is 27.9. The molecule has 4 aromatic rings. The highest BCUT2D eigenvalue weighted by Gasteiger charge is 2.44. The number of piperidine rings is 1. The molecule has 0 aliphatic carbocycles. The summed E-state index contributed by atoms with van der Waals surface area (Å²) in [6.45, 7) is 11.8. The number of hydrogen-bond donors (Lipinski definition) is 0. The molecule has 1 amide bonds. The van der Waals surface area contributed by atoms with Crippen LogP contribution < -0.4 is 0 Å². The van der Waals surface area contributed by atoms with Crippen LogP contribution in [0.4, 0.5) is 4.79 Å². The van der Waals surface area contributed by atoms with Crippen molar-refractivity contribution in [2.45, 2.75) is 83.5 Å². The first-order valence-corrected chi connectivity index (χ1v) is 18.4. The van der Waals surface area contributed by atoms with Crippen molar-refractivity contribution in [3.05, 3.63) is 83.8 Å². The Bertz CT molecular complexity index is 1620. The van der Waals surface area contributed by atoms with E-state index in [1.54, 1.807) is 22.0 Å². The molecule has 3 heterocycles. The second-order valence-electron chi connectivity index (χ2n) is 13.1.